The Hall–Kier alpha value is -1.49. The van der Waals surface area contributed by atoms with Crippen LogP contribution in [0.2, 0.25) is 0 Å². The molecular weight excluding hydrogens is 390 g/mol. The third kappa shape index (κ3) is 3.89. The van der Waals surface area contributed by atoms with Crippen molar-refractivity contribution in [3.05, 3.63) is 23.8 Å². The highest BCUT2D eigenvalue weighted by Gasteiger charge is 2.33. The van der Waals surface area contributed by atoms with Gasteiger partial charge in [-0.2, -0.15) is 8.61 Å². The van der Waals surface area contributed by atoms with Crippen molar-refractivity contribution in [3.63, 3.8) is 0 Å². The number of fused-ring (bicyclic) bond motifs is 1. The average Bonchev–Trinajstić information content (AvgIpc) is 2.67. The first-order valence-electron chi connectivity index (χ1n) is 9.06. The summed E-state index contributed by atoms with van der Waals surface area (Å²) >= 11 is 0. The number of amides is 1. The second kappa shape index (κ2) is 7.50. The molecule has 2 aliphatic heterocycles. The molecule has 1 aromatic carbocycles. The lowest BCUT2D eigenvalue weighted by atomic mass is 10.0. The van der Waals surface area contributed by atoms with Crippen molar-refractivity contribution in [1.82, 2.24) is 8.61 Å². The maximum absolute atomic E-state index is 13.0. The Kier molecular flexibility index (Phi) is 5.62. The zero-order chi connectivity index (χ0) is 19.8. The highest BCUT2D eigenvalue weighted by Crippen LogP contribution is 2.30. The first-order chi connectivity index (χ1) is 12.7. The van der Waals surface area contributed by atoms with Gasteiger partial charge in [0, 0.05) is 45.3 Å². The largest absolute Gasteiger partial charge is 0.312 e. The Balaban J connectivity index is 1.81. The van der Waals surface area contributed by atoms with E-state index >= 15 is 0 Å². The summed E-state index contributed by atoms with van der Waals surface area (Å²) in [5.74, 6) is -0.0446. The molecule has 2 aliphatic rings. The molecule has 0 aliphatic carbocycles. The summed E-state index contributed by atoms with van der Waals surface area (Å²) in [6.45, 7) is 4.33. The van der Waals surface area contributed by atoms with Crippen molar-refractivity contribution in [2.75, 3.05) is 43.4 Å². The van der Waals surface area contributed by atoms with Crippen LogP contribution in [-0.2, 0) is 31.3 Å². The molecule has 0 N–H and O–H groups in total. The van der Waals surface area contributed by atoms with Crippen LogP contribution >= 0.6 is 0 Å². The Morgan fingerprint density at radius 3 is 2.22 bits per heavy atom. The Morgan fingerprint density at radius 1 is 1.00 bits per heavy atom. The lowest BCUT2D eigenvalue weighted by molar-refractivity contribution is -0.116. The average molecular weight is 416 g/mol. The van der Waals surface area contributed by atoms with Crippen LogP contribution in [0.1, 0.15) is 25.8 Å². The number of carbonyl (C=O) groups excluding carboxylic acids is 1. The minimum Gasteiger partial charge on any atom is -0.312 e. The van der Waals surface area contributed by atoms with E-state index in [-0.39, 0.29) is 42.7 Å². The summed E-state index contributed by atoms with van der Waals surface area (Å²) in [4.78, 5) is 13.6. The van der Waals surface area contributed by atoms with Crippen LogP contribution in [0.15, 0.2) is 23.1 Å². The number of nitrogens with zero attached hydrogens (tertiary/aromatic N) is 3. The van der Waals surface area contributed by atoms with Gasteiger partial charge in [-0.15, -0.1) is 0 Å². The standard InChI is InChI=1S/C17H25N3O5S2/c1-3-26(22,23)18-9-11-19(12-10-18)27(24,25)16-6-7-17-15(13-16)5-4-8-20(17)14(2)21/h6-7,13H,3-5,8-12H2,1-2H3. The predicted molar refractivity (Wildman–Crippen MR) is 103 cm³/mol. The fraction of sp³-hybridized carbons (Fsp3) is 0.588. The SMILES string of the molecule is CCS(=O)(=O)N1CCN(S(=O)(=O)c2ccc3c(c2)CCCN3C(C)=O)CC1. The van der Waals surface area contributed by atoms with Crippen LogP contribution in [0.3, 0.4) is 0 Å². The van der Waals surface area contributed by atoms with E-state index < -0.39 is 20.0 Å². The summed E-state index contributed by atoms with van der Waals surface area (Å²) in [5, 5.41) is 0. The van der Waals surface area contributed by atoms with Gasteiger partial charge in [0.25, 0.3) is 0 Å². The number of anilines is 1. The van der Waals surface area contributed by atoms with Gasteiger partial charge in [0.2, 0.25) is 26.0 Å². The zero-order valence-corrected chi connectivity index (χ0v) is 17.2. The molecule has 0 aromatic heterocycles. The van der Waals surface area contributed by atoms with Crippen LogP contribution in [0.5, 0.6) is 0 Å². The van der Waals surface area contributed by atoms with Crippen molar-refractivity contribution in [1.29, 1.82) is 0 Å². The van der Waals surface area contributed by atoms with E-state index in [2.05, 4.69) is 0 Å². The summed E-state index contributed by atoms with van der Waals surface area (Å²) < 4.78 is 52.6. The molecule has 0 spiro atoms. The van der Waals surface area contributed by atoms with Crippen molar-refractivity contribution >= 4 is 31.6 Å². The summed E-state index contributed by atoms with van der Waals surface area (Å²) in [6, 6.07) is 4.88. The van der Waals surface area contributed by atoms with E-state index in [1.165, 1.54) is 21.6 Å². The third-order valence-electron chi connectivity index (χ3n) is 5.14. The van der Waals surface area contributed by atoms with Gasteiger partial charge in [-0.25, -0.2) is 16.8 Å². The third-order valence-corrected chi connectivity index (χ3v) is 8.92. The molecule has 0 bridgehead atoms. The summed E-state index contributed by atoms with van der Waals surface area (Å²) in [5.41, 5.74) is 1.62. The van der Waals surface area contributed by atoms with Gasteiger partial charge in [-0.05, 0) is 43.5 Å². The van der Waals surface area contributed by atoms with Crippen molar-refractivity contribution < 1.29 is 21.6 Å². The Labute approximate surface area is 160 Å². The maximum atomic E-state index is 13.0. The number of hydrogen-bond donors (Lipinski definition) is 0. The van der Waals surface area contributed by atoms with E-state index in [1.54, 1.807) is 24.0 Å². The molecule has 3 rings (SSSR count). The zero-order valence-electron chi connectivity index (χ0n) is 15.6. The number of hydrogen-bond acceptors (Lipinski definition) is 5. The second-order valence-corrected chi connectivity index (χ2v) is 11.0. The number of benzene rings is 1. The van der Waals surface area contributed by atoms with Gasteiger partial charge in [-0.1, -0.05) is 0 Å². The van der Waals surface area contributed by atoms with E-state index in [9.17, 15) is 21.6 Å². The van der Waals surface area contributed by atoms with Gasteiger partial charge in [0.15, 0.2) is 0 Å². The molecule has 1 saturated heterocycles. The van der Waals surface area contributed by atoms with Gasteiger partial charge in [-0.3, -0.25) is 4.79 Å². The monoisotopic (exact) mass is 415 g/mol. The fourth-order valence-electron chi connectivity index (χ4n) is 3.58. The molecule has 10 heteroatoms. The Morgan fingerprint density at radius 2 is 1.63 bits per heavy atom. The van der Waals surface area contributed by atoms with Crippen molar-refractivity contribution in [2.24, 2.45) is 0 Å². The topological polar surface area (TPSA) is 95.1 Å². The summed E-state index contributed by atoms with van der Waals surface area (Å²) in [6.07, 6.45) is 1.52. The van der Waals surface area contributed by atoms with Crippen LogP contribution in [0.25, 0.3) is 0 Å². The molecule has 0 atom stereocenters. The smallest absolute Gasteiger partial charge is 0.243 e. The molecule has 2 heterocycles. The number of piperazine rings is 1. The van der Waals surface area contributed by atoms with E-state index in [1.807, 2.05) is 0 Å². The van der Waals surface area contributed by atoms with E-state index in [0.717, 1.165) is 24.1 Å². The summed E-state index contributed by atoms with van der Waals surface area (Å²) in [7, 11) is -7.01. The molecule has 1 aromatic rings. The highest BCUT2D eigenvalue weighted by atomic mass is 32.2. The number of sulfonamides is 2. The second-order valence-electron chi connectivity index (χ2n) is 6.77. The lowest BCUT2D eigenvalue weighted by Crippen LogP contribution is -2.50. The van der Waals surface area contributed by atoms with E-state index in [0.29, 0.717) is 6.54 Å². The minimum absolute atomic E-state index is 0.0111. The van der Waals surface area contributed by atoms with Crippen molar-refractivity contribution in [2.45, 2.75) is 31.6 Å². The molecular formula is C17H25N3O5S2. The Bertz CT molecular complexity index is 935. The predicted octanol–water partition coefficient (Wildman–Crippen LogP) is 0.642. The maximum Gasteiger partial charge on any atom is 0.243 e. The van der Waals surface area contributed by atoms with Crippen LogP contribution < -0.4 is 4.90 Å². The highest BCUT2D eigenvalue weighted by molar-refractivity contribution is 7.89. The van der Waals surface area contributed by atoms with Crippen LogP contribution in [-0.4, -0.2) is 69.8 Å². The number of aryl methyl sites for hydroxylation is 1. The molecule has 1 fully saturated rings. The van der Waals surface area contributed by atoms with Crippen molar-refractivity contribution in [3.8, 4) is 0 Å². The first kappa shape index (κ1) is 20.2. The first-order valence-corrected chi connectivity index (χ1v) is 12.1. The molecule has 0 saturated carbocycles. The van der Waals surface area contributed by atoms with Gasteiger partial charge >= 0.3 is 0 Å². The molecule has 0 radical (unpaired) electrons. The normalized spacial score (nSPS) is 19.7. The fourth-order valence-corrected chi connectivity index (χ4v) is 6.14. The van der Waals surface area contributed by atoms with Gasteiger partial charge < -0.3 is 4.90 Å². The van der Waals surface area contributed by atoms with Crippen LogP contribution in [0, 0.1) is 0 Å². The lowest BCUT2D eigenvalue weighted by Gasteiger charge is -2.33. The molecule has 1 amide bonds. The van der Waals surface area contributed by atoms with Crippen LogP contribution in [0.4, 0.5) is 5.69 Å². The van der Waals surface area contributed by atoms with Gasteiger partial charge in [0.1, 0.15) is 0 Å². The molecule has 150 valence electrons. The molecule has 0 unspecified atom stereocenters. The minimum atomic E-state index is -3.70. The molecule has 27 heavy (non-hydrogen) atoms. The van der Waals surface area contributed by atoms with E-state index in [4.69, 9.17) is 0 Å². The van der Waals surface area contributed by atoms with Gasteiger partial charge in [0.05, 0.1) is 10.6 Å². The quantitative estimate of drug-likeness (QED) is 0.719. The molecule has 8 nitrogen and oxygen atoms in total. The number of carbonyl (C=O) groups is 1. The number of rotatable bonds is 4.